The topological polar surface area (TPSA) is 56.8 Å². The summed E-state index contributed by atoms with van der Waals surface area (Å²) in [5.74, 6) is 0.733. The van der Waals surface area contributed by atoms with Crippen LogP contribution in [-0.4, -0.2) is 25.5 Å². The normalized spacial score (nSPS) is 13.1. The number of alkyl halides is 3. The van der Waals surface area contributed by atoms with Gasteiger partial charge in [-0.25, -0.2) is 0 Å². The van der Waals surface area contributed by atoms with Gasteiger partial charge in [-0.15, -0.1) is 13.2 Å². The minimum Gasteiger partial charge on any atom is -0.486 e. The summed E-state index contributed by atoms with van der Waals surface area (Å²) in [5, 5.41) is 2.62. The Morgan fingerprint density at radius 3 is 2.59 bits per heavy atom. The molecule has 1 heterocycles. The van der Waals surface area contributed by atoms with Crippen molar-refractivity contribution in [3.63, 3.8) is 0 Å². The van der Waals surface area contributed by atoms with Crippen molar-refractivity contribution in [2.24, 2.45) is 0 Å². The molecule has 1 aliphatic rings. The fourth-order valence-corrected chi connectivity index (χ4v) is 2.66. The van der Waals surface area contributed by atoms with Crippen LogP contribution >= 0.6 is 0 Å². The molecule has 1 aliphatic heterocycles. The number of halogens is 3. The van der Waals surface area contributed by atoms with Crippen LogP contribution in [0.2, 0.25) is 0 Å². The minimum absolute atomic E-state index is 0.0494. The van der Waals surface area contributed by atoms with Crippen LogP contribution in [0.5, 0.6) is 17.2 Å². The summed E-state index contributed by atoms with van der Waals surface area (Å²) in [6, 6.07) is 11.2. The highest BCUT2D eigenvalue weighted by atomic mass is 19.4. The molecule has 0 atom stereocenters. The van der Waals surface area contributed by atoms with Crippen LogP contribution in [0.25, 0.3) is 0 Å². The number of carbonyl (C=O) groups excluding carboxylic acids is 1. The number of nitrogens with one attached hydrogen (secondary N) is 1. The van der Waals surface area contributed by atoms with Crippen molar-refractivity contribution in [2.45, 2.75) is 25.7 Å². The molecule has 0 aromatic heterocycles. The fourth-order valence-electron chi connectivity index (χ4n) is 2.66. The van der Waals surface area contributed by atoms with Gasteiger partial charge in [-0.05, 0) is 30.2 Å². The Bertz CT molecular complexity index is 808. The molecule has 144 valence electrons. The maximum Gasteiger partial charge on any atom is 0.573 e. The SMILES string of the molecule is O=C(CCc1ccc2c(c1)OCCO2)NCc1ccccc1OC(F)(F)F. The summed E-state index contributed by atoms with van der Waals surface area (Å²) in [6.07, 6.45) is -4.11. The van der Waals surface area contributed by atoms with Crippen LogP contribution in [-0.2, 0) is 17.8 Å². The molecule has 2 aromatic carbocycles. The highest BCUT2D eigenvalue weighted by Crippen LogP contribution is 2.31. The lowest BCUT2D eigenvalue weighted by Crippen LogP contribution is -2.24. The summed E-state index contributed by atoms with van der Waals surface area (Å²) in [7, 11) is 0. The van der Waals surface area contributed by atoms with E-state index >= 15 is 0 Å². The van der Waals surface area contributed by atoms with Gasteiger partial charge in [-0.3, -0.25) is 4.79 Å². The second kappa shape index (κ2) is 8.20. The van der Waals surface area contributed by atoms with Crippen LogP contribution < -0.4 is 19.5 Å². The zero-order valence-corrected chi connectivity index (χ0v) is 14.3. The van der Waals surface area contributed by atoms with E-state index in [-0.39, 0.29) is 30.2 Å². The van der Waals surface area contributed by atoms with E-state index in [4.69, 9.17) is 9.47 Å². The fraction of sp³-hybridized carbons (Fsp3) is 0.316. The number of amides is 1. The Morgan fingerprint density at radius 2 is 1.81 bits per heavy atom. The van der Waals surface area contributed by atoms with Gasteiger partial charge in [0, 0.05) is 18.5 Å². The monoisotopic (exact) mass is 381 g/mol. The Labute approximate surface area is 154 Å². The summed E-state index contributed by atoms with van der Waals surface area (Å²) in [6.45, 7) is 0.941. The Hall–Kier alpha value is -2.90. The summed E-state index contributed by atoms with van der Waals surface area (Å²) in [5.41, 5.74) is 1.16. The average molecular weight is 381 g/mol. The first-order chi connectivity index (χ1) is 12.9. The average Bonchev–Trinajstić information content (AvgIpc) is 2.64. The molecule has 3 rings (SSSR count). The zero-order valence-electron chi connectivity index (χ0n) is 14.3. The number of carbonyl (C=O) groups is 1. The van der Waals surface area contributed by atoms with Crippen molar-refractivity contribution in [1.82, 2.24) is 5.32 Å². The number of benzene rings is 2. The van der Waals surface area contributed by atoms with E-state index in [1.807, 2.05) is 12.1 Å². The van der Waals surface area contributed by atoms with Gasteiger partial charge in [0.05, 0.1) is 0 Å². The molecule has 8 heteroatoms. The van der Waals surface area contributed by atoms with E-state index in [1.165, 1.54) is 18.2 Å². The molecule has 0 bridgehead atoms. The Balaban J connectivity index is 1.52. The van der Waals surface area contributed by atoms with E-state index in [1.54, 1.807) is 12.1 Å². The van der Waals surface area contributed by atoms with Crippen LogP contribution in [0, 0.1) is 0 Å². The van der Waals surface area contributed by atoms with Crippen LogP contribution in [0.4, 0.5) is 13.2 Å². The van der Waals surface area contributed by atoms with Gasteiger partial charge in [0.1, 0.15) is 19.0 Å². The number of hydrogen-bond acceptors (Lipinski definition) is 4. The summed E-state index contributed by atoms with van der Waals surface area (Å²) < 4.78 is 52.2. The van der Waals surface area contributed by atoms with Crippen LogP contribution in [0.15, 0.2) is 42.5 Å². The molecule has 0 saturated heterocycles. The largest absolute Gasteiger partial charge is 0.573 e. The molecular formula is C19H18F3NO4. The molecule has 0 aliphatic carbocycles. The number of rotatable bonds is 6. The maximum atomic E-state index is 12.4. The van der Waals surface area contributed by atoms with E-state index < -0.39 is 6.36 Å². The van der Waals surface area contributed by atoms with Crippen molar-refractivity contribution < 1.29 is 32.2 Å². The Kier molecular flexibility index (Phi) is 5.73. The molecule has 2 aromatic rings. The van der Waals surface area contributed by atoms with Crippen LogP contribution in [0.1, 0.15) is 17.5 Å². The summed E-state index contributed by atoms with van der Waals surface area (Å²) >= 11 is 0. The van der Waals surface area contributed by atoms with Crippen LogP contribution in [0.3, 0.4) is 0 Å². The molecule has 0 saturated carbocycles. The third kappa shape index (κ3) is 5.54. The highest BCUT2D eigenvalue weighted by molar-refractivity contribution is 5.76. The van der Waals surface area contributed by atoms with Gasteiger partial charge >= 0.3 is 6.36 Å². The van der Waals surface area contributed by atoms with Crippen molar-refractivity contribution in [1.29, 1.82) is 0 Å². The lowest BCUT2D eigenvalue weighted by atomic mass is 10.1. The lowest BCUT2D eigenvalue weighted by molar-refractivity contribution is -0.274. The van der Waals surface area contributed by atoms with E-state index in [0.29, 0.717) is 31.1 Å². The lowest BCUT2D eigenvalue weighted by Gasteiger charge is -2.18. The molecule has 1 amide bonds. The molecular weight excluding hydrogens is 363 g/mol. The zero-order chi connectivity index (χ0) is 19.3. The van der Waals surface area contributed by atoms with Gasteiger partial charge in [-0.2, -0.15) is 0 Å². The molecule has 0 spiro atoms. The van der Waals surface area contributed by atoms with Crippen molar-refractivity contribution >= 4 is 5.91 Å². The summed E-state index contributed by atoms with van der Waals surface area (Å²) in [4.78, 5) is 12.0. The molecule has 0 unspecified atom stereocenters. The van der Waals surface area contributed by atoms with E-state index in [2.05, 4.69) is 10.1 Å². The van der Waals surface area contributed by atoms with Crippen molar-refractivity contribution in [3.8, 4) is 17.2 Å². The first kappa shape index (κ1) is 18.9. The number of fused-ring (bicyclic) bond motifs is 1. The number of aryl methyl sites for hydroxylation is 1. The minimum atomic E-state index is -4.78. The quantitative estimate of drug-likeness (QED) is 0.831. The smallest absolute Gasteiger partial charge is 0.486 e. The molecule has 0 radical (unpaired) electrons. The van der Waals surface area contributed by atoms with E-state index in [9.17, 15) is 18.0 Å². The van der Waals surface area contributed by atoms with Gasteiger partial charge < -0.3 is 19.5 Å². The predicted octanol–water partition coefficient (Wildman–Crippen LogP) is 3.61. The Morgan fingerprint density at radius 1 is 1.07 bits per heavy atom. The standard InChI is InChI=1S/C19H18F3NO4/c20-19(21,22)27-15-4-2-1-3-14(15)12-23-18(24)8-6-13-5-7-16-17(11-13)26-10-9-25-16/h1-5,7,11H,6,8-10,12H2,(H,23,24). The third-order valence-corrected chi connectivity index (χ3v) is 3.92. The van der Waals surface area contributed by atoms with Crippen molar-refractivity contribution in [2.75, 3.05) is 13.2 Å². The van der Waals surface area contributed by atoms with Gasteiger partial charge in [-0.1, -0.05) is 24.3 Å². The van der Waals surface area contributed by atoms with Gasteiger partial charge in [0.25, 0.3) is 0 Å². The van der Waals surface area contributed by atoms with Crippen molar-refractivity contribution in [3.05, 3.63) is 53.6 Å². The second-order valence-electron chi connectivity index (χ2n) is 5.91. The van der Waals surface area contributed by atoms with Gasteiger partial charge in [0.2, 0.25) is 5.91 Å². The number of ether oxygens (including phenoxy) is 3. The molecule has 27 heavy (non-hydrogen) atoms. The first-order valence-corrected chi connectivity index (χ1v) is 8.39. The molecule has 1 N–H and O–H groups in total. The first-order valence-electron chi connectivity index (χ1n) is 8.39. The predicted molar refractivity (Wildman–Crippen MR) is 90.7 cm³/mol. The third-order valence-electron chi connectivity index (χ3n) is 3.92. The van der Waals surface area contributed by atoms with Gasteiger partial charge in [0.15, 0.2) is 11.5 Å². The number of hydrogen-bond donors (Lipinski definition) is 1. The molecule has 0 fully saturated rings. The number of para-hydroxylation sites is 1. The molecule has 5 nitrogen and oxygen atoms in total. The second-order valence-corrected chi connectivity index (χ2v) is 5.91. The highest BCUT2D eigenvalue weighted by Gasteiger charge is 2.31. The van der Waals surface area contributed by atoms with E-state index in [0.717, 1.165) is 5.56 Å². The maximum absolute atomic E-state index is 12.4.